The number of nitrogens with zero attached hydrogens (tertiary/aromatic N) is 2. The van der Waals surface area contributed by atoms with Gasteiger partial charge in [0.25, 0.3) is 11.8 Å². The Kier molecular flexibility index (Phi) is 4.01. The zero-order valence-electron chi connectivity index (χ0n) is 15.5. The van der Waals surface area contributed by atoms with E-state index in [0.29, 0.717) is 17.8 Å². The summed E-state index contributed by atoms with van der Waals surface area (Å²) in [6, 6.07) is 14.4. The summed E-state index contributed by atoms with van der Waals surface area (Å²) in [5, 5.41) is 6.16. The lowest BCUT2D eigenvalue weighted by Crippen LogP contribution is -2.34. The molecule has 2 N–H and O–H groups in total. The smallest absolute Gasteiger partial charge is 0.317 e. The molecule has 1 saturated heterocycles. The maximum Gasteiger partial charge on any atom is 0.322 e. The number of fused-ring (bicyclic) bond motifs is 2. The molecular formula is C22H18N4O3. The van der Waals surface area contributed by atoms with Crippen LogP contribution in [0.3, 0.4) is 0 Å². The number of imide groups is 1. The average Bonchev–Trinajstić information content (AvgIpc) is 3.33. The molecule has 3 heterocycles. The summed E-state index contributed by atoms with van der Waals surface area (Å²) in [7, 11) is 0. The first-order valence-electron chi connectivity index (χ1n) is 9.52. The summed E-state index contributed by atoms with van der Waals surface area (Å²) in [4.78, 5) is 42.8. The molecule has 4 amide bonds. The predicted octanol–water partition coefficient (Wildman–Crippen LogP) is 3.49. The number of anilines is 1. The number of rotatable bonds is 2. The molecule has 144 valence electrons. The van der Waals surface area contributed by atoms with Crippen LogP contribution in [-0.2, 0) is 0 Å². The van der Waals surface area contributed by atoms with E-state index >= 15 is 0 Å². The Morgan fingerprint density at radius 1 is 1.07 bits per heavy atom. The minimum atomic E-state index is -0.442. The van der Waals surface area contributed by atoms with Gasteiger partial charge in [-0.05, 0) is 48.7 Å². The third-order valence-electron chi connectivity index (χ3n) is 5.50. The fourth-order valence-electron chi connectivity index (χ4n) is 4.07. The number of hydrogen-bond acceptors (Lipinski definition) is 4. The quantitative estimate of drug-likeness (QED) is 0.660. The van der Waals surface area contributed by atoms with Gasteiger partial charge in [0, 0.05) is 23.8 Å². The Morgan fingerprint density at radius 3 is 2.79 bits per heavy atom. The van der Waals surface area contributed by atoms with Gasteiger partial charge in [-0.3, -0.25) is 19.9 Å². The summed E-state index contributed by atoms with van der Waals surface area (Å²) in [5.41, 5.74) is 3.03. The molecule has 1 unspecified atom stereocenters. The normalized spacial score (nSPS) is 18.1. The summed E-state index contributed by atoms with van der Waals surface area (Å²) < 4.78 is 0. The third-order valence-corrected chi connectivity index (χ3v) is 5.50. The summed E-state index contributed by atoms with van der Waals surface area (Å²) in [6.45, 7) is 0.646. The summed E-state index contributed by atoms with van der Waals surface area (Å²) >= 11 is 0. The van der Waals surface area contributed by atoms with Gasteiger partial charge in [-0.25, -0.2) is 4.79 Å². The maximum atomic E-state index is 12.9. The van der Waals surface area contributed by atoms with E-state index in [4.69, 9.17) is 0 Å². The molecule has 1 aromatic heterocycles. The number of likely N-dealkylation sites (tertiary alicyclic amines) is 1. The predicted molar refractivity (Wildman–Crippen MR) is 108 cm³/mol. The highest BCUT2D eigenvalue weighted by atomic mass is 16.2. The zero-order valence-corrected chi connectivity index (χ0v) is 15.5. The topological polar surface area (TPSA) is 91.4 Å². The lowest BCUT2D eigenvalue weighted by atomic mass is 10.0. The van der Waals surface area contributed by atoms with Crippen molar-refractivity contribution in [1.29, 1.82) is 0 Å². The largest absolute Gasteiger partial charge is 0.322 e. The van der Waals surface area contributed by atoms with Crippen LogP contribution < -0.4 is 10.6 Å². The molecular weight excluding hydrogens is 368 g/mol. The second-order valence-electron chi connectivity index (χ2n) is 7.29. The fourth-order valence-corrected chi connectivity index (χ4v) is 4.07. The molecule has 2 aliphatic rings. The van der Waals surface area contributed by atoms with E-state index in [-0.39, 0.29) is 17.6 Å². The standard InChI is InChI=1S/C22H18N4O3/c27-20-16-8-7-15(11-17(16)21(28)25-20)24-22(29)26-9-3-6-19(26)14-10-13-4-1-2-5-18(13)23-12-14/h1-2,4-5,7-8,10-12,19H,3,6,9H2,(H,24,29)(H,25,27,28). The Morgan fingerprint density at radius 2 is 1.90 bits per heavy atom. The average molecular weight is 386 g/mol. The van der Waals surface area contributed by atoms with Crippen molar-refractivity contribution in [2.75, 3.05) is 11.9 Å². The van der Waals surface area contributed by atoms with E-state index < -0.39 is 11.8 Å². The van der Waals surface area contributed by atoms with E-state index in [0.717, 1.165) is 29.3 Å². The molecule has 7 nitrogen and oxygen atoms in total. The Bertz CT molecular complexity index is 1170. The number of carbonyl (C=O) groups excluding carboxylic acids is 3. The zero-order chi connectivity index (χ0) is 20.0. The molecule has 3 aromatic rings. The van der Waals surface area contributed by atoms with Crippen molar-refractivity contribution in [3.05, 3.63) is 71.4 Å². The van der Waals surface area contributed by atoms with Gasteiger partial charge in [0.2, 0.25) is 0 Å². The molecule has 1 atom stereocenters. The van der Waals surface area contributed by atoms with E-state index in [2.05, 4.69) is 21.7 Å². The Hall–Kier alpha value is -3.74. The van der Waals surface area contributed by atoms with Crippen LogP contribution in [-0.4, -0.2) is 34.3 Å². The SMILES string of the molecule is O=C1NC(=O)c2cc(NC(=O)N3CCCC3c3cnc4ccccc4c3)ccc21. The van der Waals surface area contributed by atoms with Crippen molar-refractivity contribution in [2.45, 2.75) is 18.9 Å². The Balaban J connectivity index is 1.38. The molecule has 29 heavy (non-hydrogen) atoms. The first-order chi connectivity index (χ1) is 14.1. The Labute approximate surface area is 166 Å². The van der Waals surface area contributed by atoms with Gasteiger partial charge >= 0.3 is 6.03 Å². The molecule has 0 bridgehead atoms. The van der Waals surface area contributed by atoms with Crippen LogP contribution in [0.1, 0.15) is 45.2 Å². The molecule has 0 aliphatic carbocycles. The van der Waals surface area contributed by atoms with E-state index in [9.17, 15) is 14.4 Å². The number of nitrogens with one attached hydrogen (secondary N) is 2. The van der Waals surface area contributed by atoms with Crippen LogP contribution >= 0.6 is 0 Å². The van der Waals surface area contributed by atoms with Crippen LogP contribution in [0.4, 0.5) is 10.5 Å². The van der Waals surface area contributed by atoms with Crippen LogP contribution in [0.25, 0.3) is 10.9 Å². The highest BCUT2D eigenvalue weighted by molar-refractivity contribution is 6.22. The summed E-state index contributed by atoms with van der Waals surface area (Å²) in [6.07, 6.45) is 3.62. The fraction of sp³-hybridized carbons (Fsp3) is 0.182. The van der Waals surface area contributed by atoms with E-state index in [1.54, 1.807) is 17.0 Å². The summed E-state index contributed by atoms with van der Waals surface area (Å²) in [5.74, 6) is -0.853. The lowest BCUT2D eigenvalue weighted by molar-refractivity contribution is 0.0879. The molecule has 7 heteroatoms. The van der Waals surface area contributed by atoms with Gasteiger partial charge in [0.1, 0.15) is 0 Å². The van der Waals surface area contributed by atoms with Crippen molar-refractivity contribution in [1.82, 2.24) is 15.2 Å². The number of hydrogen-bond donors (Lipinski definition) is 2. The number of benzene rings is 2. The van der Waals surface area contributed by atoms with Crippen LogP contribution in [0.2, 0.25) is 0 Å². The van der Waals surface area contributed by atoms with Crippen LogP contribution in [0, 0.1) is 0 Å². The van der Waals surface area contributed by atoms with Gasteiger partial charge in [-0.15, -0.1) is 0 Å². The van der Waals surface area contributed by atoms with Crippen molar-refractivity contribution in [3.8, 4) is 0 Å². The van der Waals surface area contributed by atoms with Crippen molar-refractivity contribution < 1.29 is 14.4 Å². The van der Waals surface area contributed by atoms with Gasteiger partial charge < -0.3 is 10.2 Å². The van der Waals surface area contributed by atoms with Gasteiger partial charge in [-0.2, -0.15) is 0 Å². The van der Waals surface area contributed by atoms with Gasteiger partial charge in [-0.1, -0.05) is 18.2 Å². The molecule has 0 spiro atoms. The molecule has 5 rings (SSSR count). The third kappa shape index (κ3) is 3.00. The highest BCUT2D eigenvalue weighted by Crippen LogP contribution is 2.33. The first kappa shape index (κ1) is 17.4. The maximum absolute atomic E-state index is 12.9. The minimum Gasteiger partial charge on any atom is -0.317 e. The first-order valence-corrected chi connectivity index (χ1v) is 9.52. The molecule has 0 radical (unpaired) electrons. The number of aromatic nitrogens is 1. The van der Waals surface area contributed by atoms with E-state index in [1.807, 2.05) is 30.5 Å². The van der Waals surface area contributed by atoms with E-state index in [1.165, 1.54) is 6.07 Å². The number of pyridine rings is 1. The van der Waals surface area contributed by atoms with Crippen molar-refractivity contribution in [2.24, 2.45) is 0 Å². The lowest BCUT2D eigenvalue weighted by Gasteiger charge is -2.25. The monoisotopic (exact) mass is 386 g/mol. The van der Waals surface area contributed by atoms with Gasteiger partial charge in [0.15, 0.2) is 0 Å². The second-order valence-corrected chi connectivity index (χ2v) is 7.29. The minimum absolute atomic E-state index is 0.0496. The highest BCUT2D eigenvalue weighted by Gasteiger charge is 2.31. The van der Waals surface area contributed by atoms with Crippen LogP contribution in [0.15, 0.2) is 54.7 Å². The molecule has 1 fully saturated rings. The molecule has 2 aromatic carbocycles. The number of para-hydroxylation sites is 1. The van der Waals surface area contributed by atoms with Crippen LogP contribution in [0.5, 0.6) is 0 Å². The van der Waals surface area contributed by atoms with Crippen molar-refractivity contribution in [3.63, 3.8) is 0 Å². The molecule has 2 aliphatic heterocycles. The van der Waals surface area contributed by atoms with Gasteiger partial charge in [0.05, 0.1) is 22.7 Å². The van der Waals surface area contributed by atoms with Crippen molar-refractivity contribution >= 4 is 34.4 Å². The number of amides is 4. The number of urea groups is 1. The number of carbonyl (C=O) groups is 3. The molecule has 0 saturated carbocycles. The second kappa shape index (κ2) is 6.70.